The molecule has 3 aromatic rings. The first-order chi connectivity index (χ1) is 17.2. The molecule has 0 bridgehead atoms. The van der Waals surface area contributed by atoms with Crippen molar-refractivity contribution in [2.24, 2.45) is 0 Å². The maximum atomic E-state index is 13.6. The number of fused-ring (bicyclic) bond motifs is 1. The Bertz CT molecular complexity index is 1230. The van der Waals surface area contributed by atoms with E-state index in [4.69, 9.17) is 19.4 Å². The maximum absolute atomic E-state index is 13.6. The van der Waals surface area contributed by atoms with Crippen LogP contribution >= 0.6 is 0 Å². The van der Waals surface area contributed by atoms with Gasteiger partial charge in [-0.25, -0.2) is 9.59 Å². The minimum Gasteiger partial charge on any atom is -0.482 e. The molecule has 3 aromatic carbocycles. The highest BCUT2D eigenvalue weighted by Crippen LogP contribution is 2.42. The van der Waals surface area contributed by atoms with Gasteiger partial charge in [0, 0.05) is 12.1 Å². The molecule has 36 heavy (non-hydrogen) atoms. The van der Waals surface area contributed by atoms with Crippen molar-refractivity contribution >= 4 is 12.1 Å². The minimum absolute atomic E-state index is 0.00841. The van der Waals surface area contributed by atoms with Gasteiger partial charge in [0.1, 0.15) is 12.4 Å². The molecule has 188 valence electrons. The molecule has 0 aliphatic carbocycles. The second-order valence-corrected chi connectivity index (χ2v) is 8.04. The lowest BCUT2D eigenvalue weighted by Crippen LogP contribution is -2.38. The second kappa shape index (κ2) is 10.7. The highest BCUT2D eigenvalue weighted by Gasteiger charge is 2.37. The predicted octanol–water partition coefficient (Wildman–Crippen LogP) is 5.38. The number of rotatable bonds is 7. The molecule has 1 aliphatic heterocycles. The van der Waals surface area contributed by atoms with Crippen LogP contribution in [-0.4, -0.2) is 35.4 Å². The summed E-state index contributed by atoms with van der Waals surface area (Å²) in [4.78, 5) is 29.1. The van der Waals surface area contributed by atoms with Gasteiger partial charge in [-0.1, -0.05) is 54.6 Å². The van der Waals surface area contributed by atoms with E-state index < -0.39 is 36.5 Å². The fraction of sp³-hybridized carbons (Fsp3) is 0.231. The van der Waals surface area contributed by atoms with Crippen LogP contribution in [0.5, 0.6) is 5.75 Å². The highest BCUT2D eigenvalue weighted by atomic mass is 19.4. The molecule has 1 heterocycles. The number of carboxylic acid groups (broad SMARTS) is 1. The van der Waals surface area contributed by atoms with Gasteiger partial charge < -0.3 is 19.4 Å². The molecule has 0 amide bonds. The van der Waals surface area contributed by atoms with E-state index in [0.717, 1.165) is 29.3 Å². The van der Waals surface area contributed by atoms with Crippen LogP contribution in [0.15, 0.2) is 72.8 Å². The third kappa shape index (κ3) is 5.95. The lowest BCUT2D eigenvalue weighted by atomic mass is 9.88. The summed E-state index contributed by atoms with van der Waals surface area (Å²) < 4.78 is 51.3. The van der Waals surface area contributed by atoms with Gasteiger partial charge in [-0.2, -0.15) is 13.2 Å². The topological polar surface area (TPSA) is 85.3 Å². The van der Waals surface area contributed by atoms with E-state index in [1.54, 1.807) is 42.5 Å². The number of hydrogen-bond donors (Lipinski definition) is 1. The fourth-order valence-corrected chi connectivity index (χ4v) is 4.01. The minimum atomic E-state index is -4.66. The Balaban J connectivity index is 1.69. The van der Waals surface area contributed by atoms with Crippen molar-refractivity contribution < 1.29 is 42.2 Å². The number of hydrogen-bond acceptors (Lipinski definition) is 6. The lowest BCUT2D eigenvalue weighted by molar-refractivity contribution is -0.153. The summed E-state index contributed by atoms with van der Waals surface area (Å²) in [7, 11) is 0. The largest absolute Gasteiger partial charge is 0.528 e. The Kier molecular flexibility index (Phi) is 7.44. The number of alkyl halides is 3. The third-order valence-corrected chi connectivity index (χ3v) is 5.61. The van der Waals surface area contributed by atoms with Crippen molar-refractivity contribution in [2.75, 3.05) is 13.2 Å². The smallest absolute Gasteiger partial charge is 0.482 e. The van der Waals surface area contributed by atoms with Gasteiger partial charge in [-0.15, -0.1) is 5.06 Å². The Morgan fingerprint density at radius 1 is 0.972 bits per heavy atom. The van der Waals surface area contributed by atoms with E-state index in [1.807, 2.05) is 12.1 Å². The average molecular weight is 501 g/mol. The van der Waals surface area contributed by atoms with Crippen molar-refractivity contribution in [1.29, 1.82) is 0 Å². The third-order valence-electron chi connectivity index (χ3n) is 5.61. The van der Waals surface area contributed by atoms with Crippen molar-refractivity contribution in [3.05, 3.63) is 101 Å². The number of carboxylic acids is 1. The summed E-state index contributed by atoms with van der Waals surface area (Å²) in [6.07, 6.45) is -5.22. The zero-order valence-corrected chi connectivity index (χ0v) is 18.9. The predicted molar refractivity (Wildman–Crippen MR) is 121 cm³/mol. The molecule has 1 atom stereocenters. The van der Waals surface area contributed by atoms with Crippen LogP contribution < -0.4 is 4.74 Å². The molecule has 0 aromatic heterocycles. The van der Waals surface area contributed by atoms with Crippen LogP contribution in [-0.2, 0) is 33.6 Å². The Hall–Kier alpha value is -4.05. The number of benzene rings is 3. The SMILES string of the molecule is O=C(O)COc1ccc(C(F)(F)F)cc1C1c2ccccc2CCN1OC(=O)OCc1ccccc1. The molecular weight excluding hydrogens is 479 g/mol. The van der Waals surface area contributed by atoms with Crippen LogP contribution in [0.2, 0.25) is 0 Å². The standard InChI is InChI=1S/C26H22F3NO6/c27-26(28,29)19-10-11-22(34-16-23(31)32)21(14-19)24-20-9-5-4-8-18(20)12-13-30(24)36-25(33)35-15-17-6-2-1-3-7-17/h1-11,14,24H,12-13,15-16H2,(H,31,32). The first kappa shape index (κ1) is 25.1. The molecule has 7 nitrogen and oxygen atoms in total. The number of hydroxylamine groups is 2. The van der Waals surface area contributed by atoms with E-state index in [-0.39, 0.29) is 24.5 Å². The molecule has 0 radical (unpaired) electrons. The van der Waals surface area contributed by atoms with E-state index >= 15 is 0 Å². The van der Waals surface area contributed by atoms with Crippen molar-refractivity contribution in [1.82, 2.24) is 5.06 Å². The number of aliphatic carboxylic acids is 1. The molecule has 10 heteroatoms. The first-order valence-electron chi connectivity index (χ1n) is 11.0. The van der Waals surface area contributed by atoms with Crippen LogP contribution in [0.4, 0.5) is 18.0 Å². The highest BCUT2D eigenvalue weighted by molar-refractivity contribution is 5.68. The van der Waals surface area contributed by atoms with Crippen LogP contribution in [0.1, 0.15) is 33.9 Å². The molecule has 1 N–H and O–H groups in total. The average Bonchev–Trinajstić information content (AvgIpc) is 2.86. The Labute approximate surface area is 204 Å². The van der Waals surface area contributed by atoms with Gasteiger partial charge in [-0.3, -0.25) is 0 Å². The van der Waals surface area contributed by atoms with Gasteiger partial charge in [-0.05, 0) is 41.3 Å². The normalized spacial score (nSPS) is 15.6. The molecule has 0 saturated heterocycles. The van der Waals surface area contributed by atoms with E-state index in [1.165, 1.54) is 5.06 Å². The lowest BCUT2D eigenvalue weighted by Gasteiger charge is -2.36. The summed E-state index contributed by atoms with van der Waals surface area (Å²) in [5.41, 5.74) is 1.24. The summed E-state index contributed by atoms with van der Waals surface area (Å²) in [6.45, 7) is -0.644. The molecule has 0 fully saturated rings. The zero-order chi connectivity index (χ0) is 25.7. The molecule has 0 saturated carbocycles. The number of carbonyl (C=O) groups excluding carboxylic acids is 1. The first-order valence-corrected chi connectivity index (χ1v) is 11.0. The molecule has 0 spiro atoms. The molecule has 4 rings (SSSR count). The van der Waals surface area contributed by atoms with E-state index in [9.17, 15) is 22.8 Å². The Morgan fingerprint density at radius 2 is 1.69 bits per heavy atom. The zero-order valence-electron chi connectivity index (χ0n) is 18.9. The number of nitrogens with zero attached hydrogens (tertiary/aromatic N) is 1. The van der Waals surface area contributed by atoms with Gasteiger partial charge >= 0.3 is 18.3 Å². The van der Waals surface area contributed by atoms with Crippen molar-refractivity contribution in [2.45, 2.75) is 25.2 Å². The van der Waals surface area contributed by atoms with Crippen LogP contribution in [0.25, 0.3) is 0 Å². The van der Waals surface area contributed by atoms with Crippen LogP contribution in [0.3, 0.4) is 0 Å². The van der Waals surface area contributed by atoms with Gasteiger partial charge in [0.15, 0.2) is 6.61 Å². The fourth-order valence-electron chi connectivity index (χ4n) is 4.01. The number of carbonyl (C=O) groups is 2. The number of ether oxygens (including phenoxy) is 2. The molecule has 1 unspecified atom stereocenters. The van der Waals surface area contributed by atoms with E-state index in [0.29, 0.717) is 12.0 Å². The maximum Gasteiger partial charge on any atom is 0.528 e. The van der Waals surface area contributed by atoms with Gasteiger partial charge in [0.05, 0.1) is 11.6 Å². The van der Waals surface area contributed by atoms with Crippen molar-refractivity contribution in [3.63, 3.8) is 0 Å². The second-order valence-electron chi connectivity index (χ2n) is 8.04. The summed E-state index contributed by atoms with van der Waals surface area (Å²) in [6, 6.07) is 17.8. The van der Waals surface area contributed by atoms with Gasteiger partial charge in [0.25, 0.3) is 0 Å². The molecule has 1 aliphatic rings. The summed E-state index contributed by atoms with van der Waals surface area (Å²) in [5, 5.41) is 10.3. The Morgan fingerprint density at radius 3 is 2.42 bits per heavy atom. The summed E-state index contributed by atoms with van der Waals surface area (Å²) in [5.74, 6) is -1.36. The number of halogens is 3. The summed E-state index contributed by atoms with van der Waals surface area (Å²) >= 11 is 0. The van der Waals surface area contributed by atoms with Crippen molar-refractivity contribution in [3.8, 4) is 5.75 Å². The quantitative estimate of drug-likeness (QED) is 0.435. The van der Waals surface area contributed by atoms with Crippen LogP contribution in [0, 0.1) is 0 Å². The monoisotopic (exact) mass is 501 g/mol. The molecular formula is C26H22F3NO6. The van der Waals surface area contributed by atoms with Gasteiger partial charge in [0.2, 0.25) is 0 Å². The van der Waals surface area contributed by atoms with E-state index in [2.05, 4.69) is 0 Å².